The number of piperidine rings is 1. The van der Waals surface area contributed by atoms with E-state index in [0.717, 1.165) is 38.5 Å². The summed E-state index contributed by atoms with van der Waals surface area (Å²) < 4.78 is 0. The van der Waals surface area contributed by atoms with E-state index in [2.05, 4.69) is 5.32 Å². The first-order chi connectivity index (χ1) is 13.4. The van der Waals surface area contributed by atoms with E-state index in [1.807, 2.05) is 37.3 Å². The molecule has 0 spiro atoms. The third-order valence-corrected chi connectivity index (χ3v) is 5.41. The van der Waals surface area contributed by atoms with Gasteiger partial charge in [0.2, 0.25) is 5.91 Å². The highest BCUT2D eigenvalue weighted by Crippen LogP contribution is 2.30. The second-order valence-electron chi connectivity index (χ2n) is 7.92. The Morgan fingerprint density at radius 3 is 2.46 bits per heavy atom. The Labute approximate surface area is 167 Å². The number of nitrogens with zero attached hydrogens (tertiary/aromatic N) is 1. The summed E-state index contributed by atoms with van der Waals surface area (Å²) in [7, 11) is 0. The lowest BCUT2D eigenvalue weighted by atomic mass is 9.80. The van der Waals surface area contributed by atoms with Crippen molar-refractivity contribution in [3.63, 3.8) is 0 Å². The molecule has 1 aromatic rings. The van der Waals surface area contributed by atoms with E-state index >= 15 is 0 Å². The molecule has 1 atom stereocenters. The zero-order valence-corrected chi connectivity index (χ0v) is 16.8. The first-order valence-corrected chi connectivity index (χ1v) is 10.3. The van der Waals surface area contributed by atoms with E-state index in [-0.39, 0.29) is 18.2 Å². The molecule has 1 fully saturated rings. The fraction of sp³-hybridized carbons (Fsp3) is 0.591. The Morgan fingerprint density at radius 2 is 1.75 bits per heavy atom. The highest BCUT2D eigenvalue weighted by molar-refractivity contribution is 5.95. The molecule has 6 heteroatoms. The maximum absolute atomic E-state index is 12.7. The van der Waals surface area contributed by atoms with Gasteiger partial charge in [0.25, 0.3) is 5.91 Å². The predicted molar refractivity (Wildman–Crippen MR) is 108 cm³/mol. The smallest absolute Gasteiger partial charge is 0.303 e. The quantitative estimate of drug-likeness (QED) is 0.601. The standard InChI is InChI=1S/C22H32N2O4/c1-22(21(28)23-15-9-4-2-3-8-13-19(25)26)14-10-16-24(17-22)20(27)18-11-6-5-7-12-18/h5-7,11-12H,2-4,8-10,13-17H2,1H3,(H,23,28)(H,25,26). The minimum atomic E-state index is -0.743. The van der Waals surface area contributed by atoms with Crippen LogP contribution >= 0.6 is 0 Å². The van der Waals surface area contributed by atoms with E-state index in [4.69, 9.17) is 5.11 Å². The molecule has 1 aliphatic rings. The number of carbonyl (C=O) groups is 3. The molecule has 28 heavy (non-hydrogen) atoms. The molecule has 2 amide bonds. The molecular weight excluding hydrogens is 356 g/mol. The molecule has 2 rings (SSSR count). The second kappa shape index (κ2) is 10.8. The van der Waals surface area contributed by atoms with Crippen molar-refractivity contribution in [3.8, 4) is 0 Å². The fourth-order valence-corrected chi connectivity index (χ4v) is 3.71. The van der Waals surface area contributed by atoms with Gasteiger partial charge in [-0.05, 0) is 44.7 Å². The van der Waals surface area contributed by atoms with Gasteiger partial charge in [-0.2, -0.15) is 0 Å². The van der Waals surface area contributed by atoms with Crippen molar-refractivity contribution < 1.29 is 19.5 Å². The van der Waals surface area contributed by atoms with Crippen LogP contribution in [0.25, 0.3) is 0 Å². The van der Waals surface area contributed by atoms with Crippen molar-refractivity contribution in [2.24, 2.45) is 5.41 Å². The second-order valence-corrected chi connectivity index (χ2v) is 7.92. The number of hydrogen-bond donors (Lipinski definition) is 2. The molecule has 0 radical (unpaired) electrons. The average Bonchev–Trinajstić information content (AvgIpc) is 2.69. The van der Waals surface area contributed by atoms with Gasteiger partial charge in [0, 0.05) is 31.6 Å². The summed E-state index contributed by atoms with van der Waals surface area (Å²) in [5.41, 5.74) is 0.111. The molecule has 1 unspecified atom stereocenters. The Hall–Kier alpha value is -2.37. The number of likely N-dealkylation sites (tertiary alicyclic amines) is 1. The molecule has 1 saturated heterocycles. The van der Waals surface area contributed by atoms with Crippen LogP contribution in [-0.2, 0) is 9.59 Å². The molecular formula is C22H32N2O4. The number of amides is 2. The maximum atomic E-state index is 12.7. The zero-order valence-electron chi connectivity index (χ0n) is 16.8. The molecule has 0 bridgehead atoms. The molecule has 154 valence electrons. The molecule has 0 aliphatic carbocycles. The molecule has 6 nitrogen and oxygen atoms in total. The van der Waals surface area contributed by atoms with Crippen LogP contribution in [0, 0.1) is 5.41 Å². The van der Waals surface area contributed by atoms with Gasteiger partial charge < -0.3 is 15.3 Å². The number of carboxylic acids is 1. The minimum Gasteiger partial charge on any atom is -0.481 e. The van der Waals surface area contributed by atoms with Crippen LogP contribution in [-0.4, -0.2) is 47.4 Å². The van der Waals surface area contributed by atoms with Crippen molar-refractivity contribution >= 4 is 17.8 Å². The van der Waals surface area contributed by atoms with Gasteiger partial charge in [0.05, 0.1) is 5.41 Å². The van der Waals surface area contributed by atoms with Gasteiger partial charge in [-0.25, -0.2) is 0 Å². The number of aliphatic carboxylic acids is 1. The Bertz CT molecular complexity index is 662. The summed E-state index contributed by atoms with van der Waals surface area (Å²) in [6, 6.07) is 9.21. The highest BCUT2D eigenvalue weighted by atomic mass is 16.4. The Kier molecular flexibility index (Phi) is 8.48. The predicted octanol–water partition coefficient (Wildman–Crippen LogP) is 3.47. The zero-order chi connectivity index (χ0) is 20.4. The largest absolute Gasteiger partial charge is 0.481 e. The summed E-state index contributed by atoms with van der Waals surface area (Å²) in [6.45, 7) is 3.70. The summed E-state index contributed by atoms with van der Waals surface area (Å²) in [4.78, 5) is 37.7. The molecule has 1 heterocycles. The molecule has 2 N–H and O–H groups in total. The van der Waals surface area contributed by atoms with Crippen molar-refractivity contribution in [3.05, 3.63) is 35.9 Å². The van der Waals surface area contributed by atoms with E-state index in [1.54, 1.807) is 4.90 Å². The van der Waals surface area contributed by atoms with Crippen LogP contribution in [0.1, 0.15) is 68.6 Å². The SMILES string of the molecule is CC1(C(=O)NCCCCCCCC(=O)O)CCCN(C(=O)c2ccccc2)C1. The Morgan fingerprint density at radius 1 is 1.07 bits per heavy atom. The first-order valence-electron chi connectivity index (χ1n) is 10.3. The first kappa shape index (κ1) is 21.9. The highest BCUT2D eigenvalue weighted by Gasteiger charge is 2.39. The van der Waals surface area contributed by atoms with Gasteiger partial charge in [-0.1, -0.05) is 37.5 Å². The number of nitrogens with one attached hydrogen (secondary N) is 1. The normalized spacial score (nSPS) is 19.2. The van der Waals surface area contributed by atoms with Crippen LogP contribution < -0.4 is 5.32 Å². The van der Waals surface area contributed by atoms with Gasteiger partial charge in [0.15, 0.2) is 0 Å². The van der Waals surface area contributed by atoms with E-state index in [1.165, 1.54) is 0 Å². The molecule has 1 aliphatic heterocycles. The number of hydrogen-bond acceptors (Lipinski definition) is 3. The van der Waals surface area contributed by atoms with E-state index < -0.39 is 11.4 Å². The van der Waals surface area contributed by atoms with Crippen LogP contribution in [0.3, 0.4) is 0 Å². The molecule has 1 aromatic carbocycles. The van der Waals surface area contributed by atoms with Crippen molar-refractivity contribution in [1.82, 2.24) is 10.2 Å². The number of unbranched alkanes of at least 4 members (excludes halogenated alkanes) is 4. The van der Waals surface area contributed by atoms with Gasteiger partial charge in [0.1, 0.15) is 0 Å². The lowest BCUT2D eigenvalue weighted by Crippen LogP contribution is -2.52. The number of benzene rings is 1. The summed E-state index contributed by atoms with van der Waals surface area (Å²) in [5.74, 6) is -0.739. The summed E-state index contributed by atoms with van der Waals surface area (Å²) >= 11 is 0. The van der Waals surface area contributed by atoms with Gasteiger partial charge >= 0.3 is 5.97 Å². The maximum Gasteiger partial charge on any atom is 0.303 e. The topological polar surface area (TPSA) is 86.7 Å². The van der Waals surface area contributed by atoms with Crippen molar-refractivity contribution in [2.45, 2.75) is 58.3 Å². The van der Waals surface area contributed by atoms with Crippen LogP contribution in [0.2, 0.25) is 0 Å². The molecule has 0 saturated carbocycles. The average molecular weight is 389 g/mol. The number of carbonyl (C=O) groups excluding carboxylic acids is 2. The van der Waals surface area contributed by atoms with E-state index in [9.17, 15) is 14.4 Å². The lowest BCUT2D eigenvalue weighted by Gasteiger charge is -2.39. The number of rotatable bonds is 10. The van der Waals surface area contributed by atoms with Crippen LogP contribution in [0.15, 0.2) is 30.3 Å². The van der Waals surface area contributed by atoms with E-state index in [0.29, 0.717) is 31.6 Å². The summed E-state index contributed by atoms with van der Waals surface area (Å²) in [5, 5.41) is 11.6. The Balaban J connectivity index is 1.73. The fourth-order valence-electron chi connectivity index (χ4n) is 3.71. The van der Waals surface area contributed by atoms with Gasteiger partial charge in [-0.15, -0.1) is 0 Å². The number of carboxylic acid groups (broad SMARTS) is 1. The monoisotopic (exact) mass is 388 g/mol. The lowest BCUT2D eigenvalue weighted by molar-refractivity contribution is -0.137. The summed E-state index contributed by atoms with van der Waals surface area (Å²) in [6.07, 6.45) is 6.32. The third-order valence-electron chi connectivity index (χ3n) is 5.41. The minimum absolute atomic E-state index is 0.0133. The third kappa shape index (κ3) is 6.66. The molecule has 0 aromatic heterocycles. The van der Waals surface area contributed by atoms with Gasteiger partial charge in [-0.3, -0.25) is 14.4 Å². The van der Waals surface area contributed by atoms with Crippen molar-refractivity contribution in [2.75, 3.05) is 19.6 Å². The van der Waals surface area contributed by atoms with Crippen molar-refractivity contribution in [1.29, 1.82) is 0 Å². The van der Waals surface area contributed by atoms with Crippen LogP contribution in [0.4, 0.5) is 0 Å². The van der Waals surface area contributed by atoms with Crippen LogP contribution in [0.5, 0.6) is 0 Å².